The first kappa shape index (κ1) is 14.2. The van der Waals surface area contributed by atoms with Crippen LogP contribution in [0.25, 0.3) is 21.2 Å². The molecule has 3 aromatic rings. The SMILES string of the molecule is COc1ccc(-c2[o+]nc(-c3ccc([N+](=O)[O-])cc3)s2)cc1. The van der Waals surface area contributed by atoms with E-state index in [1.165, 1.54) is 23.5 Å². The van der Waals surface area contributed by atoms with Crippen molar-refractivity contribution in [1.82, 2.24) is 5.16 Å². The van der Waals surface area contributed by atoms with Crippen LogP contribution >= 0.6 is 11.3 Å². The summed E-state index contributed by atoms with van der Waals surface area (Å²) in [6.45, 7) is 0. The zero-order chi connectivity index (χ0) is 15.5. The van der Waals surface area contributed by atoms with Gasteiger partial charge in [-0.2, -0.15) is 0 Å². The normalized spacial score (nSPS) is 10.4. The third kappa shape index (κ3) is 2.79. The van der Waals surface area contributed by atoms with Crippen LogP contribution < -0.4 is 4.74 Å². The van der Waals surface area contributed by atoms with E-state index in [-0.39, 0.29) is 5.69 Å². The number of nitrogens with zero attached hydrogens (tertiary/aromatic N) is 2. The maximum atomic E-state index is 10.7. The topological polar surface area (TPSA) is 76.6 Å². The number of non-ortho nitro benzene ring substituents is 1. The molecule has 0 N–H and O–H groups in total. The van der Waals surface area contributed by atoms with Crippen molar-refractivity contribution in [3.63, 3.8) is 0 Å². The molecule has 0 amide bonds. The summed E-state index contributed by atoms with van der Waals surface area (Å²) in [4.78, 5) is 10.2. The van der Waals surface area contributed by atoms with Crippen LogP contribution in [0.15, 0.2) is 53.1 Å². The van der Waals surface area contributed by atoms with Crippen LogP contribution in [-0.4, -0.2) is 17.2 Å². The summed E-state index contributed by atoms with van der Waals surface area (Å²) < 4.78 is 10.5. The molecule has 0 radical (unpaired) electrons. The van der Waals surface area contributed by atoms with E-state index in [9.17, 15) is 10.1 Å². The van der Waals surface area contributed by atoms with Gasteiger partial charge in [-0.25, -0.2) is 0 Å². The largest absolute Gasteiger partial charge is 0.497 e. The minimum atomic E-state index is -0.432. The van der Waals surface area contributed by atoms with Gasteiger partial charge < -0.3 is 4.74 Å². The quantitative estimate of drug-likeness (QED) is 0.408. The maximum absolute atomic E-state index is 10.7. The van der Waals surface area contributed by atoms with Crippen molar-refractivity contribution in [2.24, 2.45) is 0 Å². The minimum Gasteiger partial charge on any atom is -0.497 e. The van der Waals surface area contributed by atoms with E-state index in [2.05, 4.69) is 5.16 Å². The van der Waals surface area contributed by atoms with Crippen LogP contribution in [0.5, 0.6) is 5.75 Å². The van der Waals surface area contributed by atoms with Gasteiger partial charge in [-0.05, 0) is 47.7 Å². The molecule has 1 aromatic heterocycles. The number of rotatable bonds is 4. The van der Waals surface area contributed by atoms with Crippen LogP contribution in [0.4, 0.5) is 5.69 Å². The van der Waals surface area contributed by atoms with E-state index >= 15 is 0 Å². The number of nitro groups is 1. The lowest BCUT2D eigenvalue weighted by Gasteiger charge is -1.96. The fraction of sp³-hybridized carbons (Fsp3) is 0.0667. The fourth-order valence-electron chi connectivity index (χ4n) is 1.88. The second-order valence-electron chi connectivity index (χ2n) is 4.41. The smallest absolute Gasteiger partial charge is 0.465 e. The number of benzene rings is 2. The minimum absolute atomic E-state index is 0.0487. The van der Waals surface area contributed by atoms with Gasteiger partial charge in [-0.15, -0.1) is 0 Å². The number of methoxy groups -OCH3 is 1. The first-order chi connectivity index (χ1) is 10.7. The van der Waals surface area contributed by atoms with Gasteiger partial charge in [0.1, 0.15) is 5.75 Å². The molecule has 0 aliphatic rings. The molecule has 0 atom stereocenters. The summed E-state index contributed by atoms with van der Waals surface area (Å²) in [7, 11) is 1.61. The molecule has 7 heteroatoms. The molecule has 0 saturated carbocycles. The van der Waals surface area contributed by atoms with Gasteiger partial charge in [-0.1, -0.05) is 4.52 Å². The van der Waals surface area contributed by atoms with Crippen molar-refractivity contribution in [2.75, 3.05) is 7.11 Å². The molecule has 6 nitrogen and oxygen atoms in total. The summed E-state index contributed by atoms with van der Waals surface area (Å²) in [6, 6.07) is 13.7. The summed E-state index contributed by atoms with van der Waals surface area (Å²) in [5.41, 5.74) is 1.72. The molecule has 0 unspecified atom stereocenters. The monoisotopic (exact) mass is 315 g/mol. The van der Waals surface area contributed by atoms with Crippen LogP contribution in [0.1, 0.15) is 0 Å². The average molecular weight is 315 g/mol. The van der Waals surface area contributed by atoms with Crippen molar-refractivity contribution in [3.8, 4) is 27.0 Å². The molecular formula is C15H11N2O4S+. The third-order valence-corrected chi connectivity index (χ3v) is 4.05. The molecule has 0 aliphatic carbocycles. The highest BCUT2D eigenvalue weighted by Gasteiger charge is 2.21. The van der Waals surface area contributed by atoms with Crippen molar-refractivity contribution < 1.29 is 14.2 Å². The summed E-state index contributed by atoms with van der Waals surface area (Å²) in [6.07, 6.45) is 0. The molecule has 0 fully saturated rings. The molecule has 110 valence electrons. The Hall–Kier alpha value is -2.80. The van der Waals surface area contributed by atoms with Crippen LogP contribution in [-0.2, 0) is 0 Å². The summed E-state index contributed by atoms with van der Waals surface area (Å²) >= 11 is 1.38. The zero-order valence-electron chi connectivity index (χ0n) is 11.6. The zero-order valence-corrected chi connectivity index (χ0v) is 12.4. The highest BCUT2D eigenvalue weighted by atomic mass is 32.1. The number of nitro benzene ring substituents is 1. The van der Waals surface area contributed by atoms with E-state index in [0.29, 0.717) is 10.1 Å². The van der Waals surface area contributed by atoms with E-state index in [1.54, 1.807) is 19.2 Å². The molecule has 0 saturated heterocycles. The van der Waals surface area contributed by atoms with Gasteiger partial charge in [0, 0.05) is 17.7 Å². The van der Waals surface area contributed by atoms with Crippen LogP contribution in [0, 0.1) is 10.1 Å². The molecule has 1 heterocycles. The van der Waals surface area contributed by atoms with Crippen molar-refractivity contribution in [1.29, 1.82) is 0 Å². The average Bonchev–Trinajstić information content (AvgIpc) is 3.05. The molecule has 2 aromatic carbocycles. The Morgan fingerprint density at radius 3 is 2.32 bits per heavy atom. The Morgan fingerprint density at radius 2 is 1.73 bits per heavy atom. The van der Waals surface area contributed by atoms with Gasteiger partial charge in [0.2, 0.25) is 5.01 Å². The molecule has 0 spiro atoms. The molecular weight excluding hydrogens is 304 g/mol. The second-order valence-corrected chi connectivity index (χ2v) is 5.37. The van der Waals surface area contributed by atoms with E-state index in [4.69, 9.17) is 9.26 Å². The van der Waals surface area contributed by atoms with Gasteiger partial charge in [0.15, 0.2) is 5.16 Å². The molecule has 0 bridgehead atoms. The number of hydrogen-bond donors (Lipinski definition) is 0. The predicted octanol–water partition coefficient (Wildman–Crippen LogP) is 4.27. The third-order valence-electron chi connectivity index (χ3n) is 3.05. The van der Waals surface area contributed by atoms with E-state index < -0.39 is 4.92 Å². The van der Waals surface area contributed by atoms with Gasteiger partial charge in [-0.3, -0.25) is 10.1 Å². The summed E-state index contributed by atoms with van der Waals surface area (Å²) in [5.74, 6) is 0.767. The predicted molar refractivity (Wildman–Crippen MR) is 82.9 cm³/mol. The van der Waals surface area contributed by atoms with Crippen LogP contribution in [0.3, 0.4) is 0 Å². The van der Waals surface area contributed by atoms with Crippen molar-refractivity contribution in [2.45, 2.75) is 0 Å². The Morgan fingerprint density at radius 1 is 1.09 bits per heavy atom. The van der Waals surface area contributed by atoms with E-state index in [1.807, 2.05) is 24.3 Å². The highest BCUT2D eigenvalue weighted by molar-refractivity contribution is 7.17. The Bertz CT molecular complexity index is 797. The first-order valence-corrected chi connectivity index (χ1v) is 7.18. The highest BCUT2D eigenvalue weighted by Crippen LogP contribution is 2.33. The summed E-state index contributed by atoms with van der Waals surface area (Å²) in [5, 5.41) is 16.0. The number of ether oxygens (including phenoxy) is 1. The molecule has 0 aliphatic heterocycles. The molecule has 3 rings (SSSR count). The lowest BCUT2D eigenvalue weighted by atomic mass is 10.2. The lowest BCUT2D eigenvalue weighted by molar-refractivity contribution is -0.384. The standard InChI is InChI=1S/C15H11N2O4S/c1-20-13-8-4-11(5-9-13)15-21-16-14(22-15)10-2-6-12(7-3-10)17(18)19/h2-9H,1H3/q+1. The van der Waals surface area contributed by atoms with Crippen molar-refractivity contribution in [3.05, 3.63) is 58.6 Å². The fourth-order valence-corrected chi connectivity index (χ4v) is 2.72. The Labute approximate surface area is 129 Å². The molecule has 22 heavy (non-hydrogen) atoms. The lowest BCUT2D eigenvalue weighted by Crippen LogP contribution is -1.86. The van der Waals surface area contributed by atoms with Gasteiger partial charge in [0.05, 0.1) is 17.6 Å². The van der Waals surface area contributed by atoms with Gasteiger partial charge >= 0.3 is 5.07 Å². The first-order valence-electron chi connectivity index (χ1n) is 6.36. The Balaban J connectivity index is 1.87. The van der Waals surface area contributed by atoms with E-state index in [0.717, 1.165) is 16.9 Å². The maximum Gasteiger partial charge on any atom is 0.465 e. The number of aromatic nitrogens is 1. The second kappa shape index (κ2) is 5.90. The number of hydrogen-bond acceptors (Lipinski definition) is 5. The van der Waals surface area contributed by atoms with Gasteiger partial charge in [0.25, 0.3) is 5.69 Å². The van der Waals surface area contributed by atoms with Crippen LogP contribution in [0.2, 0.25) is 0 Å². The Kier molecular flexibility index (Phi) is 3.80. The van der Waals surface area contributed by atoms with Crippen molar-refractivity contribution >= 4 is 17.0 Å².